The van der Waals surface area contributed by atoms with Gasteiger partial charge in [-0.3, -0.25) is 0 Å². The van der Waals surface area contributed by atoms with Crippen LogP contribution in [0.1, 0.15) is 36.9 Å². The summed E-state index contributed by atoms with van der Waals surface area (Å²) in [6.45, 7) is 4.85. The Balaban J connectivity index is 2.20. The molecule has 2 rings (SSSR count). The summed E-state index contributed by atoms with van der Waals surface area (Å²) < 4.78 is 1.96. The van der Waals surface area contributed by atoms with Gasteiger partial charge in [0, 0.05) is 11.8 Å². The summed E-state index contributed by atoms with van der Waals surface area (Å²) >= 11 is 13.6. The highest BCUT2D eigenvalue weighted by Gasteiger charge is 2.16. The molecule has 0 saturated carbocycles. The van der Waals surface area contributed by atoms with E-state index in [0.29, 0.717) is 15.9 Å². The van der Waals surface area contributed by atoms with Crippen molar-refractivity contribution in [3.05, 3.63) is 39.6 Å². The molecule has 1 N–H and O–H groups in total. The van der Waals surface area contributed by atoms with E-state index in [1.54, 1.807) is 17.8 Å². The third-order valence-electron chi connectivity index (χ3n) is 3.08. The highest BCUT2D eigenvalue weighted by Crippen LogP contribution is 2.36. The van der Waals surface area contributed by atoms with E-state index in [0.717, 1.165) is 23.7 Å². The van der Waals surface area contributed by atoms with Gasteiger partial charge in [-0.1, -0.05) is 48.0 Å². The van der Waals surface area contributed by atoms with Crippen molar-refractivity contribution in [1.29, 1.82) is 0 Å². The molecule has 21 heavy (non-hydrogen) atoms. The van der Waals surface area contributed by atoms with Crippen LogP contribution in [0.5, 0.6) is 0 Å². The molecule has 4 nitrogen and oxygen atoms in total. The third kappa shape index (κ3) is 3.92. The maximum atomic E-state index is 9.31. The van der Waals surface area contributed by atoms with Crippen LogP contribution in [-0.2, 0) is 13.2 Å². The van der Waals surface area contributed by atoms with Crippen molar-refractivity contribution in [2.75, 3.05) is 0 Å². The normalized spacial score (nSPS) is 12.6. The fraction of sp³-hybridized carbons (Fsp3) is 0.429. The summed E-state index contributed by atoms with van der Waals surface area (Å²) in [7, 11) is 0. The molecule has 7 heteroatoms. The van der Waals surface area contributed by atoms with Crippen LogP contribution in [0.25, 0.3) is 0 Å². The lowest BCUT2D eigenvalue weighted by Crippen LogP contribution is -2.05. The molecular weight excluding hydrogens is 329 g/mol. The van der Waals surface area contributed by atoms with Gasteiger partial charge in [0.1, 0.15) is 6.61 Å². The Morgan fingerprint density at radius 2 is 2.05 bits per heavy atom. The first kappa shape index (κ1) is 16.6. The Bertz CT molecular complexity index is 618. The number of nitrogens with zero attached hydrogens (tertiary/aromatic N) is 3. The third-order valence-corrected chi connectivity index (χ3v) is 4.95. The standard InChI is InChI=1S/C14H17Cl2N3OS/c1-3-6-19-13(8-20)17-18-14(19)21-9(2)10-4-5-11(15)12(16)7-10/h4-5,7,9,20H,3,6,8H2,1-2H3. The average Bonchev–Trinajstić information content (AvgIpc) is 2.84. The first-order valence-electron chi connectivity index (χ1n) is 6.71. The first-order chi connectivity index (χ1) is 10.1. The zero-order valence-corrected chi connectivity index (χ0v) is 14.2. The number of hydrogen-bond acceptors (Lipinski definition) is 4. The maximum Gasteiger partial charge on any atom is 0.191 e. The summed E-state index contributed by atoms with van der Waals surface area (Å²) in [6, 6.07) is 5.63. The number of aliphatic hydroxyl groups is 1. The molecule has 0 aliphatic carbocycles. The van der Waals surface area contributed by atoms with Gasteiger partial charge >= 0.3 is 0 Å². The molecule has 0 aliphatic heterocycles. The number of rotatable bonds is 6. The zero-order chi connectivity index (χ0) is 15.4. The van der Waals surface area contributed by atoms with Gasteiger partial charge < -0.3 is 9.67 Å². The molecule has 1 atom stereocenters. The molecule has 0 saturated heterocycles. The van der Waals surface area contributed by atoms with Crippen molar-refractivity contribution >= 4 is 35.0 Å². The van der Waals surface area contributed by atoms with Crippen LogP contribution in [0.3, 0.4) is 0 Å². The highest BCUT2D eigenvalue weighted by molar-refractivity contribution is 7.99. The molecule has 1 heterocycles. The maximum absolute atomic E-state index is 9.31. The van der Waals surface area contributed by atoms with Gasteiger partial charge in [-0.15, -0.1) is 10.2 Å². The molecule has 114 valence electrons. The summed E-state index contributed by atoms with van der Waals surface area (Å²) in [5.41, 5.74) is 1.07. The van der Waals surface area contributed by atoms with E-state index in [-0.39, 0.29) is 11.9 Å². The van der Waals surface area contributed by atoms with Crippen LogP contribution in [0, 0.1) is 0 Å². The summed E-state index contributed by atoms with van der Waals surface area (Å²) in [5, 5.41) is 19.6. The molecule has 0 fully saturated rings. The lowest BCUT2D eigenvalue weighted by molar-refractivity contribution is 0.263. The fourth-order valence-corrected chi connectivity index (χ4v) is 3.28. The van der Waals surface area contributed by atoms with Gasteiger partial charge in [-0.25, -0.2) is 0 Å². The molecule has 2 aromatic rings. The van der Waals surface area contributed by atoms with E-state index in [1.807, 2.05) is 16.7 Å². The van der Waals surface area contributed by atoms with Gasteiger partial charge in [0.25, 0.3) is 0 Å². The van der Waals surface area contributed by atoms with Gasteiger partial charge in [-0.2, -0.15) is 0 Å². The van der Waals surface area contributed by atoms with E-state index < -0.39 is 0 Å². The van der Waals surface area contributed by atoms with Crippen molar-refractivity contribution in [3.63, 3.8) is 0 Å². The highest BCUT2D eigenvalue weighted by atomic mass is 35.5. The quantitative estimate of drug-likeness (QED) is 0.791. The second-order valence-electron chi connectivity index (χ2n) is 4.64. The Labute approximate surface area is 138 Å². The molecule has 1 unspecified atom stereocenters. The van der Waals surface area contributed by atoms with Crippen molar-refractivity contribution < 1.29 is 5.11 Å². The minimum absolute atomic E-state index is 0.102. The van der Waals surface area contributed by atoms with Gasteiger partial charge in [0.15, 0.2) is 11.0 Å². The number of halogens is 2. The van der Waals surface area contributed by atoms with E-state index in [2.05, 4.69) is 24.0 Å². The Hall–Kier alpha value is -0.750. The molecule has 0 amide bonds. The monoisotopic (exact) mass is 345 g/mol. The van der Waals surface area contributed by atoms with Crippen molar-refractivity contribution in [2.24, 2.45) is 0 Å². The summed E-state index contributed by atoms with van der Waals surface area (Å²) in [5.74, 6) is 0.598. The van der Waals surface area contributed by atoms with E-state index >= 15 is 0 Å². The number of hydrogen-bond donors (Lipinski definition) is 1. The van der Waals surface area contributed by atoms with Crippen LogP contribution in [0.15, 0.2) is 23.4 Å². The lowest BCUT2D eigenvalue weighted by Gasteiger charge is -2.13. The summed E-state index contributed by atoms with van der Waals surface area (Å²) in [6.07, 6.45) is 0.958. The first-order valence-corrected chi connectivity index (χ1v) is 8.34. The second-order valence-corrected chi connectivity index (χ2v) is 6.76. The molecular formula is C14H17Cl2N3OS. The number of thioether (sulfide) groups is 1. The largest absolute Gasteiger partial charge is 0.388 e. The van der Waals surface area contributed by atoms with E-state index in [1.165, 1.54) is 0 Å². The predicted molar refractivity (Wildman–Crippen MR) is 87.0 cm³/mol. The fourth-order valence-electron chi connectivity index (χ4n) is 1.96. The Morgan fingerprint density at radius 3 is 2.67 bits per heavy atom. The smallest absolute Gasteiger partial charge is 0.191 e. The molecule has 0 radical (unpaired) electrons. The van der Waals surface area contributed by atoms with Gasteiger partial charge in [0.2, 0.25) is 0 Å². The van der Waals surface area contributed by atoms with Gasteiger partial charge in [0.05, 0.1) is 10.0 Å². The molecule has 0 bridgehead atoms. The SMILES string of the molecule is CCCn1c(CO)nnc1SC(C)c1ccc(Cl)c(Cl)c1. The van der Waals surface area contributed by atoms with Crippen LogP contribution in [0.2, 0.25) is 10.0 Å². The topological polar surface area (TPSA) is 50.9 Å². The number of benzene rings is 1. The van der Waals surface area contributed by atoms with Crippen LogP contribution in [0.4, 0.5) is 0 Å². The number of aromatic nitrogens is 3. The van der Waals surface area contributed by atoms with Crippen LogP contribution >= 0.6 is 35.0 Å². The van der Waals surface area contributed by atoms with Crippen LogP contribution in [-0.4, -0.2) is 19.9 Å². The Morgan fingerprint density at radius 1 is 1.29 bits per heavy atom. The minimum Gasteiger partial charge on any atom is -0.388 e. The average molecular weight is 346 g/mol. The zero-order valence-electron chi connectivity index (χ0n) is 11.9. The molecule has 1 aromatic heterocycles. The molecule has 0 aliphatic rings. The van der Waals surface area contributed by atoms with Crippen molar-refractivity contribution in [1.82, 2.24) is 14.8 Å². The van der Waals surface area contributed by atoms with Crippen molar-refractivity contribution in [2.45, 2.75) is 43.8 Å². The molecule has 1 aromatic carbocycles. The van der Waals surface area contributed by atoms with Crippen molar-refractivity contribution in [3.8, 4) is 0 Å². The van der Waals surface area contributed by atoms with E-state index in [9.17, 15) is 5.11 Å². The second kappa shape index (κ2) is 7.49. The van der Waals surface area contributed by atoms with E-state index in [4.69, 9.17) is 23.2 Å². The van der Waals surface area contributed by atoms with Gasteiger partial charge in [-0.05, 0) is 31.0 Å². The van der Waals surface area contributed by atoms with Crippen LogP contribution < -0.4 is 0 Å². The summed E-state index contributed by atoms with van der Waals surface area (Å²) in [4.78, 5) is 0. The minimum atomic E-state index is -0.102. The Kier molecular flexibility index (Phi) is 5.93. The predicted octanol–water partition coefficient (Wildman–Crippen LogP) is 4.34. The number of aliphatic hydroxyl groups excluding tert-OH is 1. The lowest BCUT2D eigenvalue weighted by atomic mass is 10.2. The molecule has 0 spiro atoms.